The molecule has 1 aromatic heterocycles. The van der Waals surface area contributed by atoms with Crippen LogP contribution in [0.4, 0.5) is 30.6 Å². The number of carbonyl (C=O) groups excluding carboxylic acids is 2. The van der Waals surface area contributed by atoms with Gasteiger partial charge in [0.2, 0.25) is 11.7 Å². The minimum atomic E-state index is -0.832. The van der Waals surface area contributed by atoms with Gasteiger partial charge in [-0.15, -0.1) is 10.2 Å². The standard InChI is InChI=1S/C24H24F2N8O5/c1-14(35)27-11-19-13-32(24(36)39-19)18-9-20(25)22(21(26)10-18)31-8-2-3-17(12-31)33-29-23(28-30-33)15-4-6-16(7-5-15)34(37)38/h4-7,9-10,17,19H,2-3,8,11-13H2,1H3,(H,27,35)/t17?,19-/m0/s1. The Morgan fingerprint density at radius 2 is 1.92 bits per heavy atom. The van der Waals surface area contributed by atoms with Gasteiger partial charge < -0.3 is 15.0 Å². The van der Waals surface area contributed by atoms with Crippen LogP contribution in [0.25, 0.3) is 11.4 Å². The number of nitrogens with zero attached hydrogens (tertiary/aromatic N) is 7. The second kappa shape index (κ2) is 10.6. The summed E-state index contributed by atoms with van der Waals surface area (Å²) in [6, 6.07) is 7.60. The molecule has 15 heteroatoms. The smallest absolute Gasteiger partial charge is 0.414 e. The van der Waals surface area contributed by atoms with Crippen LogP contribution in [0.1, 0.15) is 25.8 Å². The number of non-ortho nitro benzene ring substituents is 1. The van der Waals surface area contributed by atoms with Gasteiger partial charge in [-0.1, -0.05) is 0 Å². The van der Waals surface area contributed by atoms with Crippen LogP contribution < -0.4 is 15.1 Å². The average Bonchev–Trinajstić information content (AvgIpc) is 3.54. The van der Waals surface area contributed by atoms with Crippen LogP contribution in [0, 0.1) is 21.7 Å². The predicted molar refractivity (Wildman–Crippen MR) is 133 cm³/mol. The second-order valence-corrected chi connectivity index (χ2v) is 9.29. The molecule has 0 radical (unpaired) electrons. The maximum atomic E-state index is 15.3. The van der Waals surface area contributed by atoms with E-state index in [-0.39, 0.29) is 54.5 Å². The van der Waals surface area contributed by atoms with Crippen LogP contribution in [0.2, 0.25) is 0 Å². The molecule has 0 saturated carbocycles. The van der Waals surface area contributed by atoms with E-state index in [0.29, 0.717) is 24.9 Å². The van der Waals surface area contributed by atoms with Crippen molar-refractivity contribution in [3.05, 3.63) is 58.1 Å². The highest BCUT2D eigenvalue weighted by Crippen LogP contribution is 2.34. The highest BCUT2D eigenvalue weighted by molar-refractivity contribution is 5.90. The minimum Gasteiger partial charge on any atom is -0.442 e. The maximum absolute atomic E-state index is 15.3. The lowest BCUT2D eigenvalue weighted by Gasteiger charge is -2.34. The van der Waals surface area contributed by atoms with Gasteiger partial charge in [0.05, 0.1) is 29.7 Å². The molecular weight excluding hydrogens is 518 g/mol. The van der Waals surface area contributed by atoms with E-state index in [1.807, 2.05) is 0 Å². The van der Waals surface area contributed by atoms with Gasteiger partial charge in [0.25, 0.3) is 5.69 Å². The molecular formula is C24H24F2N8O5. The van der Waals surface area contributed by atoms with Crippen LogP contribution in [0.5, 0.6) is 0 Å². The molecule has 1 unspecified atom stereocenters. The number of cyclic esters (lactones) is 1. The Bertz CT molecular complexity index is 1390. The quantitative estimate of drug-likeness (QED) is 0.351. The molecule has 0 aliphatic carbocycles. The summed E-state index contributed by atoms with van der Waals surface area (Å²) in [7, 11) is 0. The van der Waals surface area contributed by atoms with Crippen molar-refractivity contribution in [3.63, 3.8) is 0 Å². The zero-order chi connectivity index (χ0) is 27.7. The van der Waals surface area contributed by atoms with Crippen LogP contribution in [0.3, 0.4) is 0 Å². The number of tetrazole rings is 1. The molecule has 5 rings (SSSR count). The Hall–Kier alpha value is -4.69. The Morgan fingerprint density at radius 1 is 1.21 bits per heavy atom. The second-order valence-electron chi connectivity index (χ2n) is 9.29. The Kier molecular flexibility index (Phi) is 7.04. The molecule has 2 aromatic carbocycles. The van der Waals surface area contributed by atoms with Gasteiger partial charge in [-0.25, -0.2) is 13.6 Å². The summed E-state index contributed by atoms with van der Waals surface area (Å²) in [4.78, 5) is 37.9. The fourth-order valence-corrected chi connectivity index (χ4v) is 4.68. The van der Waals surface area contributed by atoms with Crippen molar-refractivity contribution < 1.29 is 28.0 Å². The van der Waals surface area contributed by atoms with Crippen molar-refractivity contribution in [1.82, 2.24) is 25.5 Å². The fourth-order valence-electron chi connectivity index (χ4n) is 4.68. The van der Waals surface area contributed by atoms with Crippen molar-refractivity contribution in [2.24, 2.45) is 0 Å². The number of hydrogen-bond donors (Lipinski definition) is 1. The Labute approximate surface area is 220 Å². The van der Waals surface area contributed by atoms with E-state index in [1.54, 1.807) is 4.90 Å². The van der Waals surface area contributed by atoms with E-state index in [2.05, 4.69) is 20.7 Å². The third-order valence-corrected chi connectivity index (χ3v) is 6.57. The summed E-state index contributed by atoms with van der Waals surface area (Å²) in [5, 5.41) is 25.9. The molecule has 2 saturated heterocycles. The summed E-state index contributed by atoms with van der Waals surface area (Å²) in [5.74, 6) is -1.67. The monoisotopic (exact) mass is 542 g/mol. The van der Waals surface area contributed by atoms with Crippen molar-refractivity contribution in [2.75, 3.05) is 36.0 Å². The molecule has 0 spiro atoms. The number of carbonyl (C=O) groups is 2. The lowest BCUT2D eigenvalue weighted by atomic mass is 10.0. The summed E-state index contributed by atoms with van der Waals surface area (Å²) in [6.07, 6.45) is -0.122. The van der Waals surface area contributed by atoms with Crippen molar-refractivity contribution in [1.29, 1.82) is 0 Å². The van der Waals surface area contributed by atoms with Crippen molar-refractivity contribution in [2.45, 2.75) is 31.9 Å². The number of benzene rings is 2. The number of halogens is 2. The third kappa shape index (κ3) is 5.46. The molecule has 1 N–H and O–H groups in total. The molecule has 204 valence electrons. The normalized spacial score (nSPS) is 19.2. The number of nitro benzene ring substituents is 1. The Balaban J connectivity index is 1.30. The van der Waals surface area contributed by atoms with E-state index in [0.717, 1.165) is 17.0 Å². The summed E-state index contributed by atoms with van der Waals surface area (Å²) < 4.78 is 35.7. The van der Waals surface area contributed by atoms with E-state index in [1.165, 1.54) is 36.0 Å². The first kappa shape index (κ1) is 25.9. The van der Waals surface area contributed by atoms with Crippen LogP contribution in [-0.2, 0) is 9.53 Å². The average molecular weight is 543 g/mol. The molecule has 39 heavy (non-hydrogen) atoms. The first-order chi connectivity index (χ1) is 18.7. The molecule has 2 aliphatic heterocycles. The van der Waals surface area contributed by atoms with Gasteiger partial charge in [0.15, 0.2) is 11.6 Å². The number of amides is 2. The van der Waals surface area contributed by atoms with E-state index in [4.69, 9.17) is 4.74 Å². The Morgan fingerprint density at radius 3 is 2.59 bits per heavy atom. The molecule has 0 bridgehead atoms. The number of hydrogen-bond acceptors (Lipinski definition) is 9. The molecule has 2 atom stereocenters. The summed E-state index contributed by atoms with van der Waals surface area (Å²) in [6.45, 7) is 2.09. The topological polar surface area (TPSA) is 149 Å². The maximum Gasteiger partial charge on any atom is 0.414 e. The summed E-state index contributed by atoms with van der Waals surface area (Å²) in [5.41, 5.74) is 0.285. The zero-order valence-electron chi connectivity index (χ0n) is 20.8. The molecule has 2 fully saturated rings. The number of nitrogens with one attached hydrogen (secondary N) is 1. The third-order valence-electron chi connectivity index (χ3n) is 6.57. The largest absolute Gasteiger partial charge is 0.442 e. The van der Waals surface area contributed by atoms with Gasteiger partial charge in [0.1, 0.15) is 11.8 Å². The van der Waals surface area contributed by atoms with Gasteiger partial charge >= 0.3 is 6.09 Å². The van der Waals surface area contributed by atoms with Crippen LogP contribution >= 0.6 is 0 Å². The minimum absolute atomic E-state index is 0.0170. The number of piperidine rings is 1. The molecule has 2 aliphatic rings. The van der Waals surface area contributed by atoms with E-state index >= 15 is 8.78 Å². The first-order valence-electron chi connectivity index (χ1n) is 12.2. The highest BCUT2D eigenvalue weighted by atomic mass is 19.1. The molecule has 2 amide bonds. The number of nitro groups is 1. The number of anilines is 2. The predicted octanol–water partition coefficient (Wildman–Crippen LogP) is 2.83. The van der Waals surface area contributed by atoms with Crippen LogP contribution in [-0.4, -0.2) is 69.4 Å². The molecule has 13 nitrogen and oxygen atoms in total. The first-order valence-corrected chi connectivity index (χ1v) is 12.2. The van der Waals surface area contributed by atoms with Gasteiger partial charge in [0, 0.05) is 49.8 Å². The lowest BCUT2D eigenvalue weighted by Crippen LogP contribution is -2.38. The molecule has 3 heterocycles. The van der Waals surface area contributed by atoms with E-state index in [9.17, 15) is 19.7 Å². The van der Waals surface area contributed by atoms with Gasteiger partial charge in [-0.2, -0.15) is 4.80 Å². The zero-order valence-corrected chi connectivity index (χ0v) is 20.8. The van der Waals surface area contributed by atoms with Crippen LogP contribution in [0.15, 0.2) is 36.4 Å². The van der Waals surface area contributed by atoms with Gasteiger partial charge in [-0.3, -0.25) is 19.8 Å². The lowest BCUT2D eigenvalue weighted by molar-refractivity contribution is -0.384. The molecule has 3 aromatic rings. The number of ether oxygens (including phenoxy) is 1. The number of aromatic nitrogens is 4. The van der Waals surface area contributed by atoms with Crippen molar-refractivity contribution >= 4 is 29.1 Å². The highest BCUT2D eigenvalue weighted by Gasteiger charge is 2.34. The van der Waals surface area contributed by atoms with E-state index < -0.39 is 28.8 Å². The SMILES string of the molecule is CC(=O)NC[C@H]1CN(c2cc(F)c(N3CCCC(n4nnc(-c5ccc([N+](=O)[O-])cc5)n4)C3)c(F)c2)C(=O)O1. The fraction of sp³-hybridized carbons (Fsp3) is 0.375. The summed E-state index contributed by atoms with van der Waals surface area (Å²) >= 11 is 0. The number of rotatable bonds is 7. The van der Waals surface area contributed by atoms with Gasteiger partial charge in [-0.05, 0) is 30.2 Å². The van der Waals surface area contributed by atoms with Crippen molar-refractivity contribution in [3.8, 4) is 11.4 Å².